The standard InChI is InChI=1S/C18H20BrN3O/c1-14-11-15(19)3-5-17(14)18-6-4-16(23-18)12-20-7-2-9-22-10-8-21-13-22/h3-6,8,10-11,13,20H,2,7,9,12H2,1H3. The summed E-state index contributed by atoms with van der Waals surface area (Å²) in [6.07, 6.45) is 6.70. The Morgan fingerprint density at radius 2 is 2.17 bits per heavy atom. The van der Waals surface area contributed by atoms with Gasteiger partial charge in [-0.1, -0.05) is 15.9 Å². The lowest BCUT2D eigenvalue weighted by Gasteiger charge is -2.05. The van der Waals surface area contributed by atoms with Crippen LogP contribution in [0.15, 0.2) is 57.9 Å². The summed E-state index contributed by atoms with van der Waals surface area (Å²) in [4.78, 5) is 4.04. The van der Waals surface area contributed by atoms with Crippen molar-refractivity contribution in [3.63, 3.8) is 0 Å². The predicted molar refractivity (Wildman–Crippen MR) is 95.1 cm³/mol. The van der Waals surface area contributed by atoms with E-state index in [0.29, 0.717) is 0 Å². The number of imidazole rings is 1. The molecule has 0 bridgehead atoms. The van der Waals surface area contributed by atoms with Gasteiger partial charge < -0.3 is 14.3 Å². The number of hydrogen-bond acceptors (Lipinski definition) is 3. The molecule has 1 N–H and O–H groups in total. The molecule has 0 unspecified atom stereocenters. The molecule has 3 aromatic rings. The van der Waals surface area contributed by atoms with Gasteiger partial charge in [0, 0.05) is 29.0 Å². The van der Waals surface area contributed by atoms with Gasteiger partial charge in [0.1, 0.15) is 11.5 Å². The van der Waals surface area contributed by atoms with Gasteiger partial charge in [-0.15, -0.1) is 0 Å². The van der Waals surface area contributed by atoms with Crippen LogP contribution in [-0.4, -0.2) is 16.1 Å². The second kappa shape index (κ2) is 7.62. The quantitative estimate of drug-likeness (QED) is 0.624. The first-order valence-electron chi connectivity index (χ1n) is 7.74. The second-order valence-electron chi connectivity index (χ2n) is 5.56. The molecule has 2 heterocycles. The van der Waals surface area contributed by atoms with Crippen molar-refractivity contribution in [3.8, 4) is 11.3 Å². The highest BCUT2D eigenvalue weighted by atomic mass is 79.9. The number of rotatable bonds is 7. The van der Waals surface area contributed by atoms with Gasteiger partial charge in [-0.2, -0.15) is 0 Å². The van der Waals surface area contributed by atoms with Crippen LogP contribution in [0.5, 0.6) is 0 Å². The van der Waals surface area contributed by atoms with Gasteiger partial charge in [0.2, 0.25) is 0 Å². The summed E-state index contributed by atoms with van der Waals surface area (Å²) in [7, 11) is 0. The maximum atomic E-state index is 5.95. The molecule has 120 valence electrons. The molecule has 4 nitrogen and oxygen atoms in total. The first kappa shape index (κ1) is 16.0. The Hall–Kier alpha value is -1.85. The van der Waals surface area contributed by atoms with E-state index >= 15 is 0 Å². The first-order valence-corrected chi connectivity index (χ1v) is 8.53. The van der Waals surface area contributed by atoms with Crippen LogP contribution in [0.25, 0.3) is 11.3 Å². The van der Waals surface area contributed by atoms with Crippen molar-refractivity contribution in [2.45, 2.75) is 26.4 Å². The van der Waals surface area contributed by atoms with Crippen LogP contribution in [-0.2, 0) is 13.1 Å². The molecule has 1 aromatic carbocycles. The largest absolute Gasteiger partial charge is 0.460 e. The molecule has 5 heteroatoms. The minimum Gasteiger partial charge on any atom is -0.460 e. The Bertz CT molecular complexity index is 749. The average molecular weight is 374 g/mol. The molecule has 0 saturated carbocycles. The molecular formula is C18H20BrN3O. The van der Waals surface area contributed by atoms with E-state index < -0.39 is 0 Å². The highest BCUT2D eigenvalue weighted by Gasteiger charge is 2.07. The predicted octanol–water partition coefficient (Wildman–Crippen LogP) is 4.39. The molecule has 0 spiro atoms. The van der Waals surface area contributed by atoms with Gasteiger partial charge in [0.25, 0.3) is 0 Å². The zero-order chi connectivity index (χ0) is 16.1. The average Bonchev–Trinajstić information content (AvgIpc) is 3.18. The maximum Gasteiger partial charge on any atom is 0.134 e. The Morgan fingerprint density at radius 3 is 2.96 bits per heavy atom. The van der Waals surface area contributed by atoms with E-state index in [9.17, 15) is 0 Å². The van der Waals surface area contributed by atoms with Crippen LogP contribution < -0.4 is 5.32 Å². The molecule has 0 aliphatic heterocycles. The lowest BCUT2D eigenvalue weighted by molar-refractivity contribution is 0.484. The monoisotopic (exact) mass is 373 g/mol. The van der Waals surface area contributed by atoms with E-state index in [1.165, 1.54) is 5.56 Å². The number of aromatic nitrogens is 2. The van der Waals surface area contributed by atoms with Crippen molar-refractivity contribution in [1.82, 2.24) is 14.9 Å². The summed E-state index contributed by atoms with van der Waals surface area (Å²) in [5, 5.41) is 3.42. The normalized spacial score (nSPS) is 11.0. The molecular weight excluding hydrogens is 354 g/mol. The Morgan fingerprint density at radius 1 is 1.26 bits per heavy atom. The lowest BCUT2D eigenvalue weighted by atomic mass is 10.1. The minimum atomic E-state index is 0.750. The Balaban J connectivity index is 1.49. The third-order valence-corrected chi connectivity index (χ3v) is 4.24. The van der Waals surface area contributed by atoms with Gasteiger partial charge in [-0.05, 0) is 55.8 Å². The van der Waals surface area contributed by atoms with Crippen LogP contribution in [0.4, 0.5) is 0 Å². The van der Waals surface area contributed by atoms with Crippen molar-refractivity contribution in [1.29, 1.82) is 0 Å². The topological polar surface area (TPSA) is 43.0 Å². The van der Waals surface area contributed by atoms with Crippen LogP contribution in [0.3, 0.4) is 0 Å². The number of halogens is 1. The van der Waals surface area contributed by atoms with E-state index in [4.69, 9.17) is 4.42 Å². The zero-order valence-corrected chi connectivity index (χ0v) is 14.7. The third-order valence-electron chi connectivity index (χ3n) is 3.74. The van der Waals surface area contributed by atoms with Gasteiger partial charge in [-0.25, -0.2) is 4.98 Å². The number of furan rings is 1. The van der Waals surface area contributed by atoms with E-state index in [1.807, 2.05) is 36.9 Å². The minimum absolute atomic E-state index is 0.750. The fraction of sp³-hybridized carbons (Fsp3) is 0.278. The molecule has 0 radical (unpaired) electrons. The van der Waals surface area contributed by atoms with Crippen molar-refractivity contribution < 1.29 is 4.42 Å². The van der Waals surface area contributed by atoms with Gasteiger partial charge in [0.05, 0.1) is 12.9 Å². The van der Waals surface area contributed by atoms with Crippen LogP contribution in [0.2, 0.25) is 0 Å². The van der Waals surface area contributed by atoms with Gasteiger partial charge in [0.15, 0.2) is 0 Å². The molecule has 0 atom stereocenters. The smallest absolute Gasteiger partial charge is 0.134 e. The van der Waals surface area contributed by atoms with E-state index in [-0.39, 0.29) is 0 Å². The van der Waals surface area contributed by atoms with Gasteiger partial charge >= 0.3 is 0 Å². The van der Waals surface area contributed by atoms with Crippen molar-refractivity contribution in [2.24, 2.45) is 0 Å². The first-order chi connectivity index (χ1) is 11.2. The van der Waals surface area contributed by atoms with E-state index in [0.717, 1.165) is 47.6 Å². The molecule has 3 rings (SSSR count). The van der Waals surface area contributed by atoms with Crippen LogP contribution >= 0.6 is 15.9 Å². The third kappa shape index (κ3) is 4.33. The fourth-order valence-corrected chi connectivity index (χ4v) is 3.01. The second-order valence-corrected chi connectivity index (χ2v) is 6.47. The molecule has 0 saturated heterocycles. The molecule has 23 heavy (non-hydrogen) atoms. The Kier molecular flexibility index (Phi) is 5.31. The number of nitrogens with one attached hydrogen (secondary N) is 1. The summed E-state index contributed by atoms with van der Waals surface area (Å²) >= 11 is 3.49. The highest BCUT2D eigenvalue weighted by molar-refractivity contribution is 9.10. The summed E-state index contributed by atoms with van der Waals surface area (Å²) in [5.41, 5.74) is 2.34. The van der Waals surface area contributed by atoms with Crippen molar-refractivity contribution >= 4 is 15.9 Å². The molecule has 0 aliphatic rings. The molecule has 0 amide bonds. The summed E-state index contributed by atoms with van der Waals surface area (Å²) < 4.78 is 9.12. The number of benzene rings is 1. The highest BCUT2D eigenvalue weighted by Crippen LogP contribution is 2.27. The zero-order valence-electron chi connectivity index (χ0n) is 13.1. The van der Waals surface area contributed by atoms with Crippen LogP contribution in [0, 0.1) is 6.92 Å². The lowest BCUT2D eigenvalue weighted by Crippen LogP contribution is -2.15. The van der Waals surface area contributed by atoms with E-state index in [2.05, 4.69) is 49.9 Å². The van der Waals surface area contributed by atoms with Crippen LogP contribution in [0.1, 0.15) is 17.7 Å². The molecule has 0 aliphatic carbocycles. The molecule has 0 fully saturated rings. The fourth-order valence-electron chi connectivity index (χ4n) is 2.54. The van der Waals surface area contributed by atoms with Gasteiger partial charge in [-0.3, -0.25) is 0 Å². The number of hydrogen-bond donors (Lipinski definition) is 1. The van der Waals surface area contributed by atoms with Crippen molar-refractivity contribution in [2.75, 3.05) is 6.54 Å². The summed E-state index contributed by atoms with van der Waals surface area (Å²) in [5.74, 6) is 1.88. The maximum absolute atomic E-state index is 5.95. The summed E-state index contributed by atoms with van der Waals surface area (Å²) in [6.45, 7) is 4.77. The number of aryl methyl sites for hydroxylation is 2. The Labute approximate surface area is 144 Å². The SMILES string of the molecule is Cc1cc(Br)ccc1-c1ccc(CNCCCn2ccnc2)o1. The molecule has 2 aromatic heterocycles. The van der Waals surface area contributed by atoms with Crippen molar-refractivity contribution in [3.05, 3.63) is 64.8 Å². The summed E-state index contributed by atoms with van der Waals surface area (Å²) in [6, 6.07) is 10.3. The number of nitrogens with zero attached hydrogens (tertiary/aromatic N) is 2. The van der Waals surface area contributed by atoms with E-state index in [1.54, 1.807) is 0 Å².